The van der Waals surface area contributed by atoms with E-state index in [-0.39, 0.29) is 24.5 Å². The average Bonchev–Trinajstić information content (AvgIpc) is 2.71. The largest absolute Gasteiger partial charge is 0.480 e. The molecule has 13 nitrogen and oxygen atoms in total. The third kappa shape index (κ3) is 10.4. The monoisotopic (exact) mass is 476 g/mol. The molecule has 0 aromatic rings. The smallest absolute Gasteiger partial charge is 0.326 e. The van der Waals surface area contributed by atoms with Gasteiger partial charge >= 0.3 is 5.97 Å². The minimum Gasteiger partial charge on any atom is -0.480 e. The van der Waals surface area contributed by atoms with Crippen LogP contribution in [0.1, 0.15) is 39.5 Å². The van der Waals surface area contributed by atoms with Crippen molar-refractivity contribution < 1.29 is 33.9 Å². The zero-order valence-corrected chi connectivity index (χ0v) is 18.9. The van der Waals surface area contributed by atoms with E-state index in [1.54, 1.807) is 13.8 Å². The summed E-state index contributed by atoms with van der Waals surface area (Å²) in [6.07, 6.45) is -0.721. The summed E-state index contributed by atoms with van der Waals surface area (Å²) >= 11 is 3.94. The predicted molar refractivity (Wildman–Crippen MR) is 117 cm³/mol. The summed E-state index contributed by atoms with van der Waals surface area (Å²) in [6.45, 7) is 3.48. The molecule has 0 rings (SSSR count). The lowest BCUT2D eigenvalue weighted by atomic mass is 9.97. The molecule has 0 aliphatic heterocycles. The van der Waals surface area contributed by atoms with E-state index in [0.29, 0.717) is 6.42 Å². The van der Waals surface area contributed by atoms with Crippen LogP contribution in [0.15, 0.2) is 0 Å². The molecule has 0 aromatic carbocycles. The lowest BCUT2D eigenvalue weighted by Crippen LogP contribution is -2.59. The van der Waals surface area contributed by atoms with Crippen molar-refractivity contribution >= 4 is 48.1 Å². The minimum absolute atomic E-state index is 0.0424. The lowest BCUT2D eigenvalue weighted by Gasteiger charge is -2.27. The first-order chi connectivity index (χ1) is 14.8. The molecule has 0 aliphatic carbocycles. The number of primary amides is 2. The molecular weight excluding hydrogens is 444 g/mol. The Morgan fingerprint density at radius 3 is 1.91 bits per heavy atom. The van der Waals surface area contributed by atoms with Crippen molar-refractivity contribution in [3.63, 3.8) is 0 Å². The maximum absolute atomic E-state index is 12.9. The predicted octanol–water partition coefficient (Wildman–Crippen LogP) is -3.03. The standard InChI is InChI=1S/C18H32N6O7S/c1-3-8(2)14(24-15(27)9(19)7-32)17(29)22-10(4-5-12(20)25)16(28)23-11(18(30)31)6-13(21)26/h8-11,14,32H,3-7,19H2,1-2H3,(H2,20,25)(H2,21,26)(H,22,29)(H,23,28)(H,24,27)(H,30,31). The fourth-order valence-electron chi connectivity index (χ4n) is 2.54. The molecule has 0 saturated carbocycles. The van der Waals surface area contributed by atoms with Crippen molar-refractivity contribution in [2.45, 2.75) is 63.7 Å². The number of carboxylic acids is 1. The van der Waals surface area contributed by atoms with Crippen LogP contribution in [0.2, 0.25) is 0 Å². The zero-order chi connectivity index (χ0) is 25.0. The summed E-state index contributed by atoms with van der Waals surface area (Å²) in [6, 6.07) is -5.03. The van der Waals surface area contributed by atoms with E-state index in [1.165, 1.54) is 0 Å². The van der Waals surface area contributed by atoms with Gasteiger partial charge in [-0.25, -0.2) is 4.79 Å². The summed E-state index contributed by atoms with van der Waals surface area (Å²) in [4.78, 5) is 71.2. The molecule has 5 atom stereocenters. The van der Waals surface area contributed by atoms with Crippen LogP contribution in [0, 0.1) is 5.92 Å². The van der Waals surface area contributed by atoms with Crippen LogP contribution in [0.4, 0.5) is 0 Å². The summed E-state index contributed by atoms with van der Waals surface area (Å²) in [5, 5.41) is 16.2. The highest BCUT2D eigenvalue weighted by molar-refractivity contribution is 7.80. The summed E-state index contributed by atoms with van der Waals surface area (Å²) in [7, 11) is 0. The first-order valence-corrected chi connectivity index (χ1v) is 10.5. The summed E-state index contributed by atoms with van der Waals surface area (Å²) < 4.78 is 0. The molecule has 5 unspecified atom stereocenters. The highest BCUT2D eigenvalue weighted by Gasteiger charge is 2.32. The number of carbonyl (C=O) groups excluding carboxylic acids is 5. The highest BCUT2D eigenvalue weighted by Crippen LogP contribution is 2.10. The SMILES string of the molecule is CCC(C)C(NC(=O)C(N)CS)C(=O)NC(CCC(N)=O)C(=O)NC(CC(N)=O)C(=O)O. The zero-order valence-electron chi connectivity index (χ0n) is 18.0. The molecule has 32 heavy (non-hydrogen) atoms. The van der Waals surface area contributed by atoms with Crippen molar-refractivity contribution in [2.24, 2.45) is 23.1 Å². The Morgan fingerprint density at radius 1 is 0.906 bits per heavy atom. The van der Waals surface area contributed by atoms with E-state index in [4.69, 9.17) is 17.2 Å². The van der Waals surface area contributed by atoms with Crippen LogP contribution in [-0.2, 0) is 28.8 Å². The fourth-order valence-corrected chi connectivity index (χ4v) is 2.70. The van der Waals surface area contributed by atoms with Gasteiger partial charge in [-0.1, -0.05) is 20.3 Å². The molecule has 0 saturated heterocycles. The first-order valence-electron chi connectivity index (χ1n) is 9.90. The second-order valence-electron chi connectivity index (χ2n) is 7.30. The number of rotatable bonds is 15. The summed E-state index contributed by atoms with van der Waals surface area (Å²) in [5.74, 6) is -5.87. The Labute approximate surface area is 191 Å². The second-order valence-corrected chi connectivity index (χ2v) is 7.66. The topological polar surface area (TPSA) is 237 Å². The van der Waals surface area contributed by atoms with Crippen LogP contribution < -0.4 is 33.2 Å². The normalized spacial score (nSPS) is 15.4. The summed E-state index contributed by atoms with van der Waals surface area (Å²) in [5.41, 5.74) is 15.7. The number of aliphatic carboxylic acids is 1. The molecule has 0 bridgehead atoms. The van der Waals surface area contributed by atoms with E-state index < -0.39 is 66.1 Å². The van der Waals surface area contributed by atoms with Crippen LogP contribution in [0.5, 0.6) is 0 Å². The number of hydrogen-bond donors (Lipinski definition) is 8. The molecule has 0 radical (unpaired) electrons. The van der Waals surface area contributed by atoms with Crippen LogP contribution >= 0.6 is 12.6 Å². The number of amides is 5. The molecule has 182 valence electrons. The van der Waals surface area contributed by atoms with Gasteiger partial charge in [-0.05, 0) is 12.3 Å². The maximum atomic E-state index is 12.9. The molecule has 0 spiro atoms. The molecule has 0 aromatic heterocycles. The molecule has 14 heteroatoms. The van der Waals surface area contributed by atoms with Gasteiger partial charge < -0.3 is 38.3 Å². The minimum atomic E-state index is -1.63. The second kappa shape index (κ2) is 14.2. The molecular formula is C18H32N6O7S. The van der Waals surface area contributed by atoms with Gasteiger partial charge in [0.1, 0.15) is 18.1 Å². The third-order valence-corrected chi connectivity index (χ3v) is 5.05. The van der Waals surface area contributed by atoms with Gasteiger partial charge in [0.05, 0.1) is 12.5 Å². The van der Waals surface area contributed by atoms with Gasteiger partial charge in [0.2, 0.25) is 29.5 Å². The molecule has 0 fully saturated rings. The van der Waals surface area contributed by atoms with Crippen molar-refractivity contribution in [1.29, 1.82) is 0 Å². The highest BCUT2D eigenvalue weighted by atomic mass is 32.1. The van der Waals surface area contributed by atoms with Crippen LogP contribution in [0.3, 0.4) is 0 Å². The van der Waals surface area contributed by atoms with Crippen molar-refractivity contribution in [2.75, 3.05) is 5.75 Å². The Balaban J connectivity index is 5.61. The van der Waals surface area contributed by atoms with Crippen LogP contribution in [-0.4, -0.2) is 70.5 Å². The van der Waals surface area contributed by atoms with Crippen molar-refractivity contribution in [3.8, 4) is 0 Å². The van der Waals surface area contributed by atoms with Gasteiger partial charge in [0.15, 0.2) is 0 Å². The number of nitrogens with two attached hydrogens (primary N) is 3. The molecule has 5 amide bonds. The average molecular weight is 477 g/mol. The Morgan fingerprint density at radius 2 is 1.47 bits per heavy atom. The van der Waals surface area contributed by atoms with E-state index in [0.717, 1.165) is 0 Å². The van der Waals surface area contributed by atoms with Gasteiger partial charge in [0, 0.05) is 12.2 Å². The lowest BCUT2D eigenvalue weighted by molar-refractivity contribution is -0.144. The van der Waals surface area contributed by atoms with Crippen LogP contribution in [0.25, 0.3) is 0 Å². The number of carboxylic acid groups (broad SMARTS) is 1. The maximum Gasteiger partial charge on any atom is 0.326 e. The van der Waals surface area contributed by atoms with E-state index in [1.807, 2.05) is 0 Å². The number of nitrogens with one attached hydrogen (secondary N) is 3. The van der Waals surface area contributed by atoms with Gasteiger partial charge in [-0.2, -0.15) is 12.6 Å². The Bertz CT molecular complexity index is 720. The van der Waals surface area contributed by atoms with Crippen molar-refractivity contribution in [3.05, 3.63) is 0 Å². The molecule has 0 heterocycles. The Hall–Kier alpha value is -2.87. The van der Waals surface area contributed by atoms with Gasteiger partial charge in [0.25, 0.3) is 0 Å². The van der Waals surface area contributed by atoms with E-state index in [9.17, 15) is 33.9 Å². The number of carbonyl (C=O) groups is 6. The van der Waals surface area contributed by atoms with Gasteiger partial charge in [-0.3, -0.25) is 24.0 Å². The van der Waals surface area contributed by atoms with Crippen molar-refractivity contribution in [1.82, 2.24) is 16.0 Å². The fraction of sp³-hybridized carbons (Fsp3) is 0.667. The van der Waals surface area contributed by atoms with Gasteiger partial charge in [-0.15, -0.1) is 0 Å². The number of thiol groups is 1. The third-order valence-electron chi connectivity index (χ3n) is 4.66. The first kappa shape index (κ1) is 29.1. The molecule has 0 aliphatic rings. The van der Waals surface area contributed by atoms with E-state index >= 15 is 0 Å². The quantitative estimate of drug-likeness (QED) is 0.113. The Kier molecular flexibility index (Phi) is 13.0. The number of hydrogen-bond acceptors (Lipinski definition) is 8. The molecule has 10 N–H and O–H groups in total. The van der Waals surface area contributed by atoms with E-state index in [2.05, 4.69) is 28.6 Å².